The number of H-pyrrole nitrogens is 1. The van der Waals surface area contributed by atoms with E-state index in [4.69, 9.17) is 0 Å². The van der Waals surface area contributed by atoms with E-state index >= 15 is 0 Å². The highest BCUT2D eigenvalue weighted by Crippen LogP contribution is 2.30. The Labute approximate surface area is 224 Å². The van der Waals surface area contributed by atoms with Crippen molar-refractivity contribution in [3.8, 4) is 5.75 Å². The van der Waals surface area contributed by atoms with Crippen molar-refractivity contribution in [3.63, 3.8) is 0 Å². The average Bonchev–Trinajstić information content (AvgIpc) is 3.35. The summed E-state index contributed by atoms with van der Waals surface area (Å²) >= 11 is 0. The minimum atomic E-state index is -0.383. The van der Waals surface area contributed by atoms with Crippen molar-refractivity contribution in [2.75, 3.05) is 5.32 Å². The van der Waals surface area contributed by atoms with Gasteiger partial charge in [0.25, 0.3) is 0 Å². The normalized spacial score (nSPS) is 11.3. The van der Waals surface area contributed by atoms with Crippen molar-refractivity contribution in [2.24, 2.45) is 0 Å². The summed E-state index contributed by atoms with van der Waals surface area (Å²) in [5.41, 5.74) is 2.14. The van der Waals surface area contributed by atoms with Gasteiger partial charge in [0.2, 0.25) is 11.7 Å². The van der Waals surface area contributed by atoms with Crippen LogP contribution in [0.2, 0.25) is 0 Å². The van der Waals surface area contributed by atoms with Crippen molar-refractivity contribution < 1.29 is 14.7 Å². The molecule has 0 bridgehead atoms. The van der Waals surface area contributed by atoms with E-state index in [-0.39, 0.29) is 28.8 Å². The standard InChI is InChI=1S/C32H39N3O3/c1-2-3-4-5-6-7-8-9-10-11-12-17-29(36)33-24-19-21-27-28(22-24)35-32(34-27)31(38)26-20-18-23-15-13-14-16-25(23)30(26)37/h13-16,18-22,37H,2-12,17H2,1H3,(H,33,36)(H,34,35). The van der Waals surface area contributed by atoms with E-state index in [1.807, 2.05) is 24.3 Å². The zero-order chi connectivity index (χ0) is 26.7. The number of phenols is 1. The second-order valence-electron chi connectivity index (χ2n) is 10.2. The van der Waals surface area contributed by atoms with Crippen LogP contribution in [-0.2, 0) is 4.79 Å². The number of hydrogen-bond acceptors (Lipinski definition) is 4. The molecule has 0 aliphatic heterocycles. The molecule has 0 saturated carbocycles. The summed E-state index contributed by atoms with van der Waals surface area (Å²) < 4.78 is 0. The topological polar surface area (TPSA) is 95.1 Å². The first-order valence-corrected chi connectivity index (χ1v) is 14.1. The van der Waals surface area contributed by atoms with Crippen molar-refractivity contribution in [1.82, 2.24) is 9.97 Å². The number of carbonyl (C=O) groups excluding carboxylic acids is 2. The molecule has 200 valence electrons. The third-order valence-corrected chi connectivity index (χ3v) is 7.13. The third kappa shape index (κ3) is 7.21. The summed E-state index contributed by atoms with van der Waals surface area (Å²) in [5.74, 6) is -0.289. The van der Waals surface area contributed by atoms with Gasteiger partial charge in [0, 0.05) is 17.5 Å². The van der Waals surface area contributed by atoms with Gasteiger partial charge in [0.05, 0.1) is 16.6 Å². The van der Waals surface area contributed by atoms with E-state index < -0.39 is 0 Å². The number of aromatic nitrogens is 2. The summed E-state index contributed by atoms with van der Waals surface area (Å²) in [5, 5.41) is 15.1. The number of carbonyl (C=O) groups is 2. The highest BCUT2D eigenvalue weighted by Gasteiger charge is 2.19. The Kier molecular flexibility index (Phi) is 9.90. The number of nitrogens with zero attached hydrogens (tertiary/aromatic N) is 1. The van der Waals surface area contributed by atoms with Gasteiger partial charge in [-0.1, -0.05) is 101 Å². The molecule has 0 unspecified atom stereocenters. The molecule has 6 heteroatoms. The number of fused-ring (bicyclic) bond motifs is 2. The second-order valence-corrected chi connectivity index (χ2v) is 10.2. The fraction of sp³-hybridized carbons (Fsp3) is 0.406. The first-order chi connectivity index (χ1) is 18.6. The van der Waals surface area contributed by atoms with Crippen LogP contribution in [0.3, 0.4) is 0 Å². The molecular weight excluding hydrogens is 474 g/mol. The molecule has 1 aromatic heterocycles. The Hall–Kier alpha value is -3.67. The number of aromatic amines is 1. The average molecular weight is 514 g/mol. The maximum absolute atomic E-state index is 13.1. The molecule has 3 N–H and O–H groups in total. The molecule has 0 saturated heterocycles. The number of phenolic OH excluding ortho intramolecular Hbond substituents is 1. The monoisotopic (exact) mass is 513 g/mol. The Balaban J connectivity index is 1.25. The van der Waals surface area contributed by atoms with E-state index in [1.165, 1.54) is 57.8 Å². The molecule has 0 aliphatic rings. The SMILES string of the molecule is CCCCCCCCCCCCCC(=O)Nc1ccc2nc(C(=O)c3ccc4ccccc4c3O)[nH]c2c1. The summed E-state index contributed by atoms with van der Waals surface area (Å²) in [6.07, 6.45) is 14.3. The van der Waals surface area contributed by atoms with Gasteiger partial charge in [-0.3, -0.25) is 9.59 Å². The Morgan fingerprint density at radius 2 is 1.53 bits per heavy atom. The molecule has 0 aliphatic carbocycles. The number of nitrogens with one attached hydrogen (secondary N) is 2. The lowest BCUT2D eigenvalue weighted by Gasteiger charge is -2.06. The van der Waals surface area contributed by atoms with Gasteiger partial charge in [0.15, 0.2) is 5.82 Å². The Morgan fingerprint density at radius 1 is 0.842 bits per heavy atom. The van der Waals surface area contributed by atoms with Crippen molar-refractivity contribution in [1.29, 1.82) is 0 Å². The van der Waals surface area contributed by atoms with E-state index in [0.29, 0.717) is 28.5 Å². The van der Waals surface area contributed by atoms with Crippen molar-refractivity contribution in [3.05, 3.63) is 66.0 Å². The van der Waals surface area contributed by atoms with Gasteiger partial charge < -0.3 is 15.4 Å². The fourth-order valence-electron chi connectivity index (χ4n) is 4.93. The van der Waals surface area contributed by atoms with Crippen LogP contribution in [0.5, 0.6) is 5.75 Å². The molecule has 38 heavy (non-hydrogen) atoms. The predicted molar refractivity (Wildman–Crippen MR) is 155 cm³/mol. The van der Waals surface area contributed by atoms with Gasteiger partial charge in [-0.25, -0.2) is 4.98 Å². The molecule has 0 atom stereocenters. The number of hydrogen-bond donors (Lipinski definition) is 3. The second kappa shape index (κ2) is 13.8. The minimum Gasteiger partial charge on any atom is -0.507 e. The largest absolute Gasteiger partial charge is 0.507 e. The fourth-order valence-corrected chi connectivity index (χ4v) is 4.93. The van der Waals surface area contributed by atoms with Crippen molar-refractivity contribution >= 4 is 39.2 Å². The summed E-state index contributed by atoms with van der Waals surface area (Å²) in [7, 11) is 0. The highest BCUT2D eigenvalue weighted by molar-refractivity contribution is 6.12. The first-order valence-electron chi connectivity index (χ1n) is 14.1. The molecule has 3 aromatic carbocycles. The van der Waals surface area contributed by atoms with Crippen LogP contribution in [-0.4, -0.2) is 26.8 Å². The van der Waals surface area contributed by atoms with E-state index in [9.17, 15) is 14.7 Å². The van der Waals surface area contributed by atoms with Gasteiger partial charge in [-0.05, 0) is 36.1 Å². The molecular formula is C32H39N3O3. The van der Waals surface area contributed by atoms with Crippen LogP contribution in [0.1, 0.15) is 100 Å². The Bertz CT molecular complexity index is 1380. The molecule has 0 spiro atoms. The molecule has 6 nitrogen and oxygen atoms in total. The zero-order valence-corrected chi connectivity index (χ0v) is 22.4. The van der Waals surface area contributed by atoms with Crippen LogP contribution >= 0.6 is 0 Å². The number of aromatic hydroxyl groups is 1. The van der Waals surface area contributed by atoms with Gasteiger partial charge in [-0.2, -0.15) is 0 Å². The summed E-state index contributed by atoms with van der Waals surface area (Å²) in [4.78, 5) is 33.0. The maximum Gasteiger partial charge on any atom is 0.232 e. The van der Waals surface area contributed by atoms with E-state index in [0.717, 1.165) is 18.2 Å². The van der Waals surface area contributed by atoms with Gasteiger partial charge in [0.1, 0.15) is 5.75 Å². The lowest BCUT2D eigenvalue weighted by atomic mass is 10.0. The number of benzene rings is 3. The lowest BCUT2D eigenvalue weighted by Crippen LogP contribution is -2.10. The zero-order valence-electron chi connectivity index (χ0n) is 22.4. The predicted octanol–water partition coefficient (Wildman–Crippen LogP) is 8.29. The highest BCUT2D eigenvalue weighted by atomic mass is 16.3. The van der Waals surface area contributed by atoms with Crippen LogP contribution in [0.25, 0.3) is 21.8 Å². The minimum absolute atomic E-state index is 0.00262. The first kappa shape index (κ1) is 27.4. The molecule has 1 amide bonds. The molecule has 0 radical (unpaired) electrons. The number of ketones is 1. The number of unbranched alkanes of at least 4 members (excludes halogenated alkanes) is 10. The molecule has 1 heterocycles. The number of amides is 1. The number of rotatable bonds is 15. The van der Waals surface area contributed by atoms with Crippen LogP contribution in [0, 0.1) is 0 Å². The molecule has 4 rings (SSSR count). The van der Waals surface area contributed by atoms with E-state index in [1.54, 1.807) is 30.3 Å². The molecule has 0 fully saturated rings. The van der Waals surface area contributed by atoms with Crippen molar-refractivity contribution in [2.45, 2.75) is 84.0 Å². The lowest BCUT2D eigenvalue weighted by molar-refractivity contribution is -0.116. The maximum atomic E-state index is 13.1. The van der Waals surface area contributed by atoms with E-state index in [2.05, 4.69) is 22.2 Å². The quantitative estimate of drug-likeness (QED) is 0.110. The number of anilines is 1. The molecule has 4 aromatic rings. The van der Waals surface area contributed by atoms with Gasteiger partial charge >= 0.3 is 0 Å². The van der Waals surface area contributed by atoms with Crippen LogP contribution < -0.4 is 5.32 Å². The Morgan fingerprint density at radius 3 is 2.26 bits per heavy atom. The van der Waals surface area contributed by atoms with Crippen LogP contribution in [0.4, 0.5) is 5.69 Å². The van der Waals surface area contributed by atoms with Crippen LogP contribution in [0.15, 0.2) is 54.6 Å². The summed E-state index contributed by atoms with van der Waals surface area (Å²) in [6.45, 7) is 2.25. The number of imidazole rings is 1. The smallest absolute Gasteiger partial charge is 0.232 e. The summed E-state index contributed by atoms with van der Waals surface area (Å²) in [6, 6.07) is 16.2. The van der Waals surface area contributed by atoms with Gasteiger partial charge in [-0.15, -0.1) is 0 Å². The third-order valence-electron chi connectivity index (χ3n) is 7.13.